The number of primary amides is 1. The monoisotopic (exact) mass is 230 g/mol. The second-order valence-corrected chi connectivity index (χ2v) is 3.39. The first kappa shape index (κ1) is 10.9. The lowest BCUT2D eigenvalue weighted by molar-refractivity contribution is -0.113. The Labute approximate surface area is 97.2 Å². The number of aromatic hydroxyl groups is 1. The van der Waals surface area contributed by atoms with Crippen LogP contribution in [0, 0.1) is 0 Å². The van der Waals surface area contributed by atoms with Gasteiger partial charge in [0.25, 0.3) is 0 Å². The lowest BCUT2D eigenvalue weighted by Gasteiger charge is -2.01. The lowest BCUT2D eigenvalue weighted by Crippen LogP contribution is -2.05. The molecule has 3 N–H and O–H groups in total. The largest absolute Gasteiger partial charge is 0.507 e. The maximum Gasteiger partial charge on any atom is 0.241 e. The van der Waals surface area contributed by atoms with Crippen molar-refractivity contribution in [1.29, 1.82) is 0 Å². The van der Waals surface area contributed by atoms with Crippen LogP contribution in [0.15, 0.2) is 41.1 Å². The Morgan fingerprint density at radius 1 is 1.41 bits per heavy atom. The van der Waals surface area contributed by atoms with Crippen molar-refractivity contribution in [3.05, 3.63) is 42.1 Å². The molecule has 2 rings (SSSR count). The normalized spacial score (nSPS) is 10.8. The summed E-state index contributed by atoms with van der Waals surface area (Å²) in [7, 11) is 0. The van der Waals surface area contributed by atoms with Gasteiger partial charge < -0.3 is 15.4 Å². The summed E-state index contributed by atoms with van der Waals surface area (Å²) in [6.07, 6.45) is 4.29. The number of nitrogens with two attached hydrogens (primary N) is 1. The fraction of sp³-hybridized carbons (Fsp3) is 0. The number of phenolic OH excluding ortho intramolecular Hbond substituents is 1. The van der Waals surface area contributed by atoms with E-state index < -0.39 is 5.91 Å². The lowest BCUT2D eigenvalue weighted by atomic mass is 10.1. The summed E-state index contributed by atoms with van der Waals surface area (Å²) >= 11 is 0. The molecular formula is C12H10N2O3. The minimum absolute atomic E-state index is 0.0815. The van der Waals surface area contributed by atoms with Gasteiger partial charge in [-0.15, -0.1) is 0 Å². The second-order valence-electron chi connectivity index (χ2n) is 3.39. The van der Waals surface area contributed by atoms with Crippen LogP contribution in [0.3, 0.4) is 0 Å². The molecule has 0 atom stereocenters. The number of nitrogens with zero attached hydrogens (tertiary/aromatic N) is 1. The molecule has 0 saturated carbocycles. The quantitative estimate of drug-likeness (QED) is 0.783. The van der Waals surface area contributed by atoms with Crippen LogP contribution < -0.4 is 5.73 Å². The van der Waals surface area contributed by atoms with Crippen molar-refractivity contribution in [2.24, 2.45) is 5.73 Å². The van der Waals surface area contributed by atoms with E-state index in [1.807, 2.05) is 0 Å². The summed E-state index contributed by atoms with van der Waals surface area (Å²) in [5.41, 5.74) is 6.24. The summed E-state index contributed by atoms with van der Waals surface area (Å²) in [6.45, 7) is 0. The molecule has 0 spiro atoms. The molecule has 17 heavy (non-hydrogen) atoms. The van der Waals surface area contributed by atoms with Crippen molar-refractivity contribution in [1.82, 2.24) is 5.16 Å². The van der Waals surface area contributed by atoms with E-state index in [2.05, 4.69) is 5.16 Å². The zero-order valence-electron chi connectivity index (χ0n) is 8.83. The van der Waals surface area contributed by atoms with E-state index in [9.17, 15) is 9.90 Å². The molecule has 1 aromatic heterocycles. The molecule has 5 nitrogen and oxygen atoms in total. The SMILES string of the molecule is NC(=O)C=Cc1ccc(O)c(-c2ccno2)c1. The first-order chi connectivity index (χ1) is 8.16. The number of carbonyl (C=O) groups is 1. The first-order valence-electron chi connectivity index (χ1n) is 4.88. The van der Waals surface area contributed by atoms with E-state index in [1.54, 1.807) is 24.3 Å². The van der Waals surface area contributed by atoms with Crippen LogP contribution in [0.25, 0.3) is 17.4 Å². The van der Waals surface area contributed by atoms with Crippen molar-refractivity contribution in [3.8, 4) is 17.1 Å². The highest BCUT2D eigenvalue weighted by molar-refractivity contribution is 5.90. The maximum atomic E-state index is 10.6. The third-order valence-corrected chi connectivity index (χ3v) is 2.16. The highest BCUT2D eigenvalue weighted by Crippen LogP contribution is 2.29. The third kappa shape index (κ3) is 2.52. The van der Waals surface area contributed by atoms with Crippen LogP contribution in [0.5, 0.6) is 5.75 Å². The topological polar surface area (TPSA) is 89.4 Å². The van der Waals surface area contributed by atoms with Gasteiger partial charge in [-0.3, -0.25) is 4.79 Å². The molecule has 5 heteroatoms. The minimum atomic E-state index is -0.528. The zero-order chi connectivity index (χ0) is 12.3. The van der Waals surface area contributed by atoms with E-state index in [0.717, 1.165) is 5.56 Å². The van der Waals surface area contributed by atoms with E-state index in [1.165, 1.54) is 18.3 Å². The average Bonchev–Trinajstić information content (AvgIpc) is 2.81. The first-order valence-corrected chi connectivity index (χ1v) is 4.88. The van der Waals surface area contributed by atoms with Crippen molar-refractivity contribution < 1.29 is 14.4 Å². The fourth-order valence-electron chi connectivity index (χ4n) is 1.39. The number of carbonyl (C=O) groups excluding carboxylic acids is 1. The Hall–Kier alpha value is -2.56. The minimum Gasteiger partial charge on any atom is -0.507 e. The van der Waals surface area contributed by atoms with Gasteiger partial charge in [-0.05, 0) is 23.8 Å². The second kappa shape index (κ2) is 4.52. The smallest absolute Gasteiger partial charge is 0.241 e. The highest BCUT2D eigenvalue weighted by Gasteiger charge is 2.08. The van der Waals surface area contributed by atoms with E-state index in [-0.39, 0.29) is 5.75 Å². The molecule has 86 valence electrons. The van der Waals surface area contributed by atoms with Gasteiger partial charge in [-0.25, -0.2) is 0 Å². The van der Waals surface area contributed by atoms with Gasteiger partial charge in [0.15, 0.2) is 5.76 Å². The van der Waals surface area contributed by atoms with Gasteiger partial charge in [-0.1, -0.05) is 11.2 Å². The molecule has 0 fully saturated rings. The molecule has 1 heterocycles. The highest BCUT2D eigenvalue weighted by atomic mass is 16.5. The van der Waals surface area contributed by atoms with Gasteiger partial charge >= 0.3 is 0 Å². The summed E-state index contributed by atoms with van der Waals surface area (Å²) < 4.78 is 4.96. The molecule has 0 bridgehead atoms. The predicted octanol–water partition coefficient (Wildman–Crippen LogP) is 1.55. The summed E-state index contributed by atoms with van der Waals surface area (Å²) in [5, 5.41) is 13.2. The summed E-state index contributed by atoms with van der Waals surface area (Å²) in [4.78, 5) is 10.6. The third-order valence-electron chi connectivity index (χ3n) is 2.16. The Morgan fingerprint density at radius 2 is 2.24 bits per heavy atom. The van der Waals surface area contributed by atoms with Crippen LogP contribution in [0.2, 0.25) is 0 Å². The molecular weight excluding hydrogens is 220 g/mol. The van der Waals surface area contributed by atoms with Crippen LogP contribution in [0.1, 0.15) is 5.56 Å². The van der Waals surface area contributed by atoms with Crippen molar-refractivity contribution in [2.45, 2.75) is 0 Å². The fourth-order valence-corrected chi connectivity index (χ4v) is 1.39. The standard InChI is InChI=1S/C12H10N2O3/c13-12(16)4-2-8-1-3-10(15)9(7-8)11-5-6-14-17-11/h1-7,15H,(H2,13,16). The molecule has 1 amide bonds. The van der Waals surface area contributed by atoms with Gasteiger partial charge in [0, 0.05) is 12.1 Å². The number of phenols is 1. The van der Waals surface area contributed by atoms with Gasteiger partial charge in [0.1, 0.15) is 5.75 Å². The number of benzene rings is 1. The number of hydrogen-bond donors (Lipinski definition) is 2. The number of amides is 1. The van der Waals surface area contributed by atoms with Crippen molar-refractivity contribution in [3.63, 3.8) is 0 Å². The Morgan fingerprint density at radius 3 is 2.88 bits per heavy atom. The summed E-state index contributed by atoms with van der Waals surface area (Å²) in [6, 6.07) is 6.49. The predicted molar refractivity (Wildman–Crippen MR) is 61.8 cm³/mol. The van der Waals surface area contributed by atoms with Crippen LogP contribution >= 0.6 is 0 Å². The summed E-state index contributed by atoms with van der Waals surface area (Å²) in [5.74, 6) is 0.00842. The van der Waals surface area contributed by atoms with Crippen LogP contribution in [-0.2, 0) is 4.79 Å². The number of aromatic nitrogens is 1. The molecule has 0 aliphatic carbocycles. The zero-order valence-corrected chi connectivity index (χ0v) is 8.83. The number of rotatable bonds is 3. The van der Waals surface area contributed by atoms with Crippen molar-refractivity contribution >= 4 is 12.0 Å². The Bertz CT molecular complexity index is 559. The van der Waals surface area contributed by atoms with Crippen molar-refractivity contribution in [2.75, 3.05) is 0 Å². The molecule has 0 unspecified atom stereocenters. The average molecular weight is 230 g/mol. The Balaban J connectivity index is 2.40. The number of hydrogen-bond acceptors (Lipinski definition) is 4. The van der Waals surface area contributed by atoms with E-state index in [4.69, 9.17) is 10.3 Å². The molecule has 0 radical (unpaired) electrons. The van der Waals surface area contributed by atoms with Gasteiger partial charge in [0.2, 0.25) is 5.91 Å². The molecule has 0 aliphatic rings. The van der Waals surface area contributed by atoms with Crippen LogP contribution in [0.4, 0.5) is 0 Å². The molecule has 0 saturated heterocycles. The molecule has 2 aromatic rings. The van der Waals surface area contributed by atoms with Crippen LogP contribution in [-0.4, -0.2) is 16.2 Å². The molecule has 0 aliphatic heterocycles. The van der Waals surface area contributed by atoms with Gasteiger partial charge in [-0.2, -0.15) is 0 Å². The van der Waals surface area contributed by atoms with E-state index >= 15 is 0 Å². The maximum absolute atomic E-state index is 10.6. The van der Waals surface area contributed by atoms with Gasteiger partial charge in [0.05, 0.1) is 11.8 Å². The van der Waals surface area contributed by atoms with E-state index in [0.29, 0.717) is 11.3 Å². The molecule has 1 aromatic carbocycles. The Kier molecular flexibility index (Phi) is 2.91.